The number of nitrogens with zero attached hydrogens (tertiary/aromatic N) is 4. The number of ether oxygens (including phenoxy) is 1. The van der Waals surface area contributed by atoms with E-state index in [-0.39, 0.29) is 5.91 Å². The molecule has 1 aliphatic heterocycles. The number of rotatable bonds is 2. The second kappa shape index (κ2) is 10.6. The second-order valence-corrected chi connectivity index (χ2v) is 10.2. The molecular weight excluding hydrogens is 598 g/mol. The van der Waals surface area contributed by atoms with Gasteiger partial charge in [0.15, 0.2) is 0 Å². The summed E-state index contributed by atoms with van der Waals surface area (Å²) in [5, 5.41) is 2.90. The first-order valence-corrected chi connectivity index (χ1v) is 13.1. The first-order chi connectivity index (χ1) is 16.7. The molecule has 1 N–H and O–H groups in total. The van der Waals surface area contributed by atoms with E-state index in [4.69, 9.17) is 4.74 Å². The number of amides is 1. The number of aromatic nitrogens is 4. The fourth-order valence-corrected chi connectivity index (χ4v) is 4.88. The van der Waals surface area contributed by atoms with E-state index < -0.39 is 0 Å². The zero-order valence-corrected chi connectivity index (χ0v) is 21.8. The quantitative estimate of drug-likeness (QED) is 0.471. The molecule has 0 saturated heterocycles. The van der Waals surface area contributed by atoms with E-state index in [1.807, 2.05) is 59.7 Å². The van der Waals surface area contributed by atoms with Crippen LogP contribution in [0.25, 0.3) is 5.69 Å². The molecule has 2 aliphatic rings. The molecule has 8 heteroatoms. The van der Waals surface area contributed by atoms with Gasteiger partial charge in [-0.15, -0.1) is 0 Å². The van der Waals surface area contributed by atoms with Crippen molar-refractivity contribution in [3.8, 4) is 5.69 Å². The molecule has 1 amide bonds. The van der Waals surface area contributed by atoms with Gasteiger partial charge < -0.3 is 0 Å². The molecule has 3 heterocycles. The normalized spacial score (nSPS) is 17.6. The van der Waals surface area contributed by atoms with Crippen molar-refractivity contribution in [2.45, 2.75) is 44.8 Å². The number of hydrogen-bond donors (Lipinski definition) is 1. The molecule has 1 aromatic carbocycles. The van der Waals surface area contributed by atoms with Crippen LogP contribution in [0.1, 0.15) is 59.0 Å². The zero-order valence-electron chi connectivity index (χ0n) is 18.9. The van der Waals surface area contributed by atoms with Gasteiger partial charge in [-0.25, -0.2) is 4.98 Å². The van der Waals surface area contributed by atoms with E-state index in [0.29, 0.717) is 24.7 Å². The number of aryl methyl sites for hydroxylation is 1. The summed E-state index contributed by atoms with van der Waals surface area (Å²) in [4.78, 5) is 22.1. The summed E-state index contributed by atoms with van der Waals surface area (Å²) in [7, 11) is 0. The number of benzene rings is 1. The van der Waals surface area contributed by atoms with Crippen LogP contribution in [-0.4, -0.2) is 35.5 Å². The number of nitrogens with one attached hydrogen (secondary N) is 1. The molecule has 0 atom stereocenters. The summed E-state index contributed by atoms with van der Waals surface area (Å²) in [5.41, 5.74) is 3.54. The summed E-state index contributed by atoms with van der Waals surface area (Å²) in [5.74, 6) is 1.44. The van der Waals surface area contributed by atoms with E-state index in [2.05, 4.69) is 26.0 Å². The van der Waals surface area contributed by atoms with Crippen molar-refractivity contribution in [3.05, 3.63) is 90.2 Å². The van der Waals surface area contributed by atoms with E-state index >= 15 is 0 Å². The van der Waals surface area contributed by atoms with Gasteiger partial charge in [-0.05, 0) is 12.8 Å². The van der Waals surface area contributed by atoms with Crippen LogP contribution in [0.4, 0.5) is 0 Å². The molecule has 0 radical (unpaired) electrons. The first kappa shape index (κ1) is 22.9. The van der Waals surface area contributed by atoms with Gasteiger partial charge in [0, 0.05) is 5.92 Å². The maximum absolute atomic E-state index is 13.1. The summed E-state index contributed by atoms with van der Waals surface area (Å²) >= 11 is 1.35. The van der Waals surface area contributed by atoms with Gasteiger partial charge in [0.05, 0.1) is 5.69 Å². The molecule has 1 fully saturated rings. The number of allylic oxidation sites excluding steroid dienone is 3. The second-order valence-electron chi connectivity index (χ2n) is 8.58. The van der Waals surface area contributed by atoms with Gasteiger partial charge in [0.25, 0.3) is 0 Å². The Morgan fingerprint density at radius 1 is 1.15 bits per heavy atom. The van der Waals surface area contributed by atoms with Gasteiger partial charge in [-0.1, -0.05) is 0 Å². The van der Waals surface area contributed by atoms with Crippen LogP contribution in [-0.2, 0) is 37.2 Å². The number of imidazole rings is 2. The minimum atomic E-state index is -0.154. The minimum absolute atomic E-state index is 0.154. The first-order valence-electron chi connectivity index (χ1n) is 11.6. The van der Waals surface area contributed by atoms with Gasteiger partial charge in [0.1, 0.15) is 0 Å². The molecule has 5 rings (SSSR count). The Kier molecular flexibility index (Phi) is 7.12. The monoisotopic (exact) mass is 625 g/mol. The average Bonchev–Trinajstić information content (AvgIpc) is 3.38. The number of carbonyl (C=O) groups is 1. The molecule has 0 bridgehead atoms. The number of hydrogen-bond acceptors (Lipinski definition) is 4. The fourth-order valence-electron chi connectivity index (χ4n) is 3.99. The van der Waals surface area contributed by atoms with Crippen molar-refractivity contribution in [2.24, 2.45) is 0 Å². The molecule has 0 spiro atoms. The fraction of sp³-hybridized carbons (Fsp3) is 0.308. The van der Waals surface area contributed by atoms with Crippen molar-refractivity contribution in [2.75, 3.05) is 6.61 Å². The average molecular weight is 625 g/mol. The molecule has 2 aromatic heterocycles. The summed E-state index contributed by atoms with van der Waals surface area (Å²) < 4.78 is 11.3. The van der Waals surface area contributed by atoms with Crippen molar-refractivity contribution in [3.63, 3.8) is 0 Å². The molecule has 34 heavy (non-hydrogen) atoms. The van der Waals surface area contributed by atoms with Crippen LogP contribution < -0.4 is 5.32 Å². The predicted octanol–water partition coefficient (Wildman–Crippen LogP) is 3.82. The van der Waals surface area contributed by atoms with Crippen LogP contribution in [0.2, 0.25) is 0 Å². The van der Waals surface area contributed by atoms with Gasteiger partial charge in [-0.2, -0.15) is 0 Å². The Hall–Kier alpha value is -2.89. The zero-order chi connectivity index (χ0) is 23.3. The third kappa shape index (κ3) is 5.43. The Morgan fingerprint density at radius 2 is 2.06 bits per heavy atom. The standard InChI is InChI=1S/C26H27N5O2.W/c32-26-23-16-22(31-17-24(29-19-31)20-7-8-20)10-9-21(23)18-33-15-5-4-13-30-14-12-27-25(30)6-2-1-3-11-28-26;/h1-3,9-12,14,16-17,19-20H,4-5,7-8,13,15,18H2,(H,28,32);. The van der Waals surface area contributed by atoms with E-state index in [1.54, 1.807) is 6.20 Å². The van der Waals surface area contributed by atoms with Crippen molar-refractivity contribution >= 4 is 9.81 Å². The molecule has 1 saturated carbocycles. The van der Waals surface area contributed by atoms with Crippen LogP contribution in [0.15, 0.2) is 67.5 Å². The molecule has 174 valence electrons. The Labute approximate surface area is 210 Å². The Balaban J connectivity index is 1.37. The van der Waals surface area contributed by atoms with E-state index in [1.165, 1.54) is 32.2 Å². The molecule has 1 aliphatic carbocycles. The molecule has 0 unspecified atom stereocenters. The van der Waals surface area contributed by atoms with Crippen LogP contribution in [0.3, 0.4) is 0 Å². The van der Waals surface area contributed by atoms with Gasteiger partial charge in [-0.3, -0.25) is 0 Å². The summed E-state index contributed by atoms with van der Waals surface area (Å²) in [6.07, 6.45) is 19.6. The van der Waals surface area contributed by atoms with Crippen LogP contribution in [0, 0.1) is 0 Å². The van der Waals surface area contributed by atoms with E-state index in [9.17, 15) is 4.79 Å². The van der Waals surface area contributed by atoms with Gasteiger partial charge >= 0.3 is 181 Å². The van der Waals surface area contributed by atoms with Crippen LogP contribution >= 0.6 is 0 Å². The van der Waals surface area contributed by atoms with Crippen molar-refractivity contribution in [1.82, 2.24) is 24.4 Å². The van der Waals surface area contributed by atoms with Gasteiger partial charge in [0.2, 0.25) is 0 Å². The summed E-state index contributed by atoms with van der Waals surface area (Å²) in [6, 6.07) is 5.93. The number of carbonyl (C=O) groups excluding carboxylic acids is 1. The maximum atomic E-state index is 13.1. The molecular formula is C26H27N5O2W. The van der Waals surface area contributed by atoms with Crippen LogP contribution in [0.5, 0.6) is 0 Å². The van der Waals surface area contributed by atoms with E-state index in [0.717, 1.165) is 46.1 Å². The molecule has 3 aromatic rings. The number of fused-ring (bicyclic) bond motifs is 2. The summed E-state index contributed by atoms with van der Waals surface area (Å²) in [6.45, 7) is 1.95. The predicted molar refractivity (Wildman–Crippen MR) is 127 cm³/mol. The third-order valence-electron chi connectivity index (χ3n) is 6.03. The molecule has 7 nitrogen and oxygen atoms in total. The van der Waals surface area contributed by atoms with Crippen molar-refractivity contribution < 1.29 is 28.9 Å². The SMILES string of the molecule is O=C1NC=CC=C[C](=[W])c2nccn2CCCCOCc2ccc(-n3cnc(C4CC4)c3)cc21. The third-order valence-corrected chi connectivity index (χ3v) is 7.18. The topological polar surface area (TPSA) is 74.0 Å². The Morgan fingerprint density at radius 3 is 2.94 bits per heavy atom. The Bertz CT molecular complexity index is 1250. The van der Waals surface area contributed by atoms with Crippen molar-refractivity contribution in [1.29, 1.82) is 0 Å².